The highest BCUT2D eigenvalue weighted by Gasteiger charge is 2.13. The van der Waals surface area contributed by atoms with Crippen LogP contribution in [0.25, 0.3) is 10.9 Å². The highest BCUT2D eigenvalue weighted by Crippen LogP contribution is 2.34. The zero-order valence-electron chi connectivity index (χ0n) is 18.1. The summed E-state index contributed by atoms with van der Waals surface area (Å²) in [5.41, 5.74) is 7.83. The van der Waals surface area contributed by atoms with Crippen molar-refractivity contribution in [2.24, 2.45) is 5.73 Å². The van der Waals surface area contributed by atoms with Crippen molar-refractivity contribution in [3.63, 3.8) is 0 Å². The number of carbonyl (C=O) groups excluding carboxylic acids is 1. The molecule has 4 N–H and O–H groups in total. The summed E-state index contributed by atoms with van der Waals surface area (Å²) in [6.45, 7) is 0.0175. The monoisotopic (exact) mass is 481 g/mol. The van der Waals surface area contributed by atoms with Gasteiger partial charge in [0.25, 0.3) is 0 Å². The Bertz CT molecular complexity index is 1350. The Morgan fingerprint density at radius 3 is 2.71 bits per heavy atom. The molecular weight excluding hydrogens is 461 g/mol. The van der Waals surface area contributed by atoms with Gasteiger partial charge in [0, 0.05) is 17.1 Å². The number of anilines is 3. The normalized spacial score (nSPS) is 10.7. The number of benzene rings is 3. The lowest BCUT2D eigenvalue weighted by atomic mass is 10.1. The van der Waals surface area contributed by atoms with Crippen molar-refractivity contribution in [2.75, 3.05) is 24.3 Å². The molecule has 0 spiro atoms. The van der Waals surface area contributed by atoms with E-state index in [1.165, 1.54) is 25.6 Å². The van der Waals surface area contributed by atoms with Crippen LogP contribution in [0.1, 0.15) is 5.56 Å². The van der Waals surface area contributed by atoms with Gasteiger partial charge < -0.3 is 25.8 Å². The van der Waals surface area contributed by atoms with E-state index in [0.717, 1.165) is 0 Å². The first-order chi connectivity index (χ1) is 16.5. The molecule has 1 aromatic heterocycles. The lowest BCUT2D eigenvalue weighted by Crippen LogP contribution is -2.22. The molecule has 0 bridgehead atoms. The Morgan fingerprint density at radius 2 is 1.97 bits per heavy atom. The summed E-state index contributed by atoms with van der Waals surface area (Å²) in [6.07, 6.45) is 1.42. The van der Waals surface area contributed by atoms with Crippen molar-refractivity contribution in [2.45, 2.75) is 6.61 Å². The van der Waals surface area contributed by atoms with Crippen molar-refractivity contribution in [3.8, 4) is 11.5 Å². The van der Waals surface area contributed by atoms with Gasteiger partial charge in [0.15, 0.2) is 0 Å². The number of hydrogen-bond acceptors (Lipinski definition) is 7. The maximum absolute atomic E-state index is 13.4. The van der Waals surface area contributed by atoms with Crippen LogP contribution in [-0.4, -0.2) is 29.5 Å². The third-order valence-corrected chi connectivity index (χ3v) is 5.19. The molecule has 4 aromatic rings. The maximum atomic E-state index is 13.4. The first kappa shape index (κ1) is 23.2. The first-order valence-electron chi connectivity index (χ1n) is 10.2. The van der Waals surface area contributed by atoms with Gasteiger partial charge in [-0.3, -0.25) is 4.79 Å². The number of aromatic nitrogens is 2. The Balaban J connectivity index is 1.57. The molecule has 0 saturated carbocycles. The Morgan fingerprint density at radius 1 is 1.12 bits per heavy atom. The van der Waals surface area contributed by atoms with Gasteiger partial charge in [0.1, 0.15) is 36.1 Å². The number of amides is 1. The van der Waals surface area contributed by atoms with E-state index in [2.05, 4.69) is 20.6 Å². The second-order valence-electron chi connectivity index (χ2n) is 7.23. The van der Waals surface area contributed by atoms with Gasteiger partial charge in [-0.1, -0.05) is 23.7 Å². The predicted molar refractivity (Wildman–Crippen MR) is 129 cm³/mol. The maximum Gasteiger partial charge on any atom is 0.238 e. The standard InChI is InChI=1S/C24H21ClFN5O3/c1-33-22-10-19-17(9-20(22)31-23(32)11-27)24(29-13-28-19)30-16-5-6-21(18(25)8-16)34-12-14-3-2-4-15(26)7-14/h2-10,13H,11-12,27H2,1H3,(H,31,32)(H,28,29,30). The fraction of sp³-hybridized carbons (Fsp3) is 0.125. The van der Waals surface area contributed by atoms with Gasteiger partial charge in [0.2, 0.25) is 5.91 Å². The average molecular weight is 482 g/mol. The molecule has 1 amide bonds. The fourth-order valence-corrected chi connectivity index (χ4v) is 3.51. The van der Waals surface area contributed by atoms with Crippen LogP contribution in [0.2, 0.25) is 5.02 Å². The number of hydrogen-bond donors (Lipinski definition) is 3. The minimum Gasteiger partial charge on any atom is -0.494 e. The summed E-state index contributed by atoms with van der Waals surface area (Å²) in [7, 11) is 1.50. The lowest BCUT2D eigenvalue weighted by Gasteiger charge is -2.14. The van der Waals surface area contributed by atoms with Gasteiger partial charge in [0.05, 0.1) is 29.9 Å². The minimum absolute atomic E-state index is 0.163. The molecule has 1 heterocycles. The van der Waals surface area contributed by atoms with Crippen molar-refractivity contribution in [1.29, 1.82) is 0 Å². The molecule has 0 fully saturated rings. The number of fused-ring (bicyclic) bond motifs is 1. The molecule has 174 valence electrons. The second-order valence-corrected chi connectivity index (χ2v) is 7.64. The molecule has 4 rings (SSSR count). The van der Waals surface area contributed by atoms with Gasteiger partial charge in [-0.05, 0) is 42.0 Å². The summed E-state index contributed by atoms with van der Waals surface area (Å²) in [5, 5.41) is 6.94. The molecule has 0 aliphatic rings. The number of methoxy groups -OCH3 is 1. The molecule has 0 aliphatic heterocycles. The van der Waals surface area contributed by atoms with E-state index >= 15 is 0 Å². The summed E-state index contributed by atoms with van der Waals surface area (Å²) < 4.78 is 24.4. The summed E-state index contributed by atoms with van der Waals surface area (Å²) >= 11 is 6.40. The predicted octanol–water partition coefficient (Wildman–Crippen LogP) is 4.65. The number of nitrogens with one attached hydrogen (secondary N) is 2. The third kappa shape index (κ3) is 5.33. The SMILES string of the molecule is COc1cc2ncnc(Nc3ccc(OCc4cccc(F)c4)c(Cl)c3)c2cc1NC(=O)CN. The topological polar surface area (TPSA) is 111 Å². The van der Waals surface area contributed by atoms with Crippen LogP contribution >= 0.6 is 11.6 Å². The summed E-state index contributed by atoms with van der Waals surface area (Å²) in [6, 6.07) is 14.8. The highest BCUT2D eigenvalue weighted by atomic mass is 35.5. The van der Waals surface area contributed by atoms with E-state index in [-0.39, 0.29) is 24.9 Å². The number of nitrogens with zero attached hydrogens (tertiary/aromatic N) is 2. The van der Waals surface area contributed by atoms with Crippen LogP contribution in [-0.2, 0) is 11.4 Å². The minimum atomic E-state index is -0.357. The van der Waals surface area contributed by atoms with Gasteiger partial charge in [-0.25, -0.2) is 14.4 Å². The van der Waals surface area contributed by atoms with Gasteiger partial charge in [-0.2, -0.15) is 0 Å². The molecule has 10 heteroatoms. The van der Waals surface area contributed by atoms with E-state index in [0.29, 0.717) is 50.2 Å². The Labute approximate surface area is 199 Å². The molecule has 0 aliphatic carbocycles. The van der Waals surface area contributed by atoms with E-state index < -0.39 is 0 Å². The Kier molecular flexibility index (Phi) is 7.05. The molecule has 0 saturated heterocycles. The van der Waals surface area contributed by atoms with Crippen molar-refractivity contribution >= 4 is 45.6 Å². The number of nitrogens with two attached hydrogens (primary N) is 1. The van der Waals surface area contributed by atoms with Crippen molar-refractivity contribution < 1.29 is 18.7 Å². The molecule has 0 radical (unpaired) electrons. The number of carbonyl (C=O) groups is 1. The van der Waals surface area contributed by atoms with E-state index in [9.17, 15) is 9.18 Å². The molecular formula is C24H21ClFN5O3. The van der Waals surface area contributed by atoms with Crippen LogP contribution in [0, 0.1) is 5.82 Å². The molecule has 0 atom stereocenters. The molecule has 0 unspecified atom stereocenters. The number of rotatable bonds is 8. The molecule has 8 nitrogen and oxygen atoms in total. The lowest BCUT2D eigenvalue weighted by molar-refractivity contribution is -0.114. The smallest absolute Gasteiger partial charge is 0.238 e. The van der Waals surface area contributed by atoms with Crippen molar-refractivity contribution in [1.82, 2.24) is 9.97 Å². The largest absolute Gasteiger partial charge is 0.494 e. The van der Waals surface area contributed by atoms with Crippen LogP contribution in [0.3, 0.4) is 0 Å². The third-order valence-electron chi connectivity index (χ3n) is 4.89. The molecule has 34 heavy (non-hydrogen) atoms. The zero-order chi connectivity index (χ0) is 24.1. The quantitative estimate of drug-likeness (QED) is 0.336. The zero-order valence-corrected chi connectivity index (χ0v) is 18.9. The van der Waals surface area contributed by atoms with Crippen LogP contribution in [0.5, 0.6) is 11.5 Å². The first-order valence-corrected chi connectivity index (χ1v) is 10.6. The van der Waals surface area contributed by atoms with Gasteiger partial charge >= 0.3 is 0 Å². The second kappa shape index (κ2) is 10.3. The average Bonchev–Trinajstić information content (AvgIpc) is 2.83. The van der Waals surface area contributed by atoms with Crippen LogP contribution in [0.4, 0.5) is 21.6 Å². The fourth-order valence-electron chi connectivity index (χ4n) is 3.27. The molecule has 3 aromatic carbocycles. The van der Waals surface area contributed by atoms with Gasteiger partial charge in [-0.15, -0.1) is 0 Å². The van der Waals surface area contributed by atoms with Crippen molar-refractivity contribution in [3.05, 3.63) is 77.3 Å². The van der Waals surface area contributed by atoms with E-state index in [4.69, 9.17) is 26.8 Å². The van der Waals surface area contributed by atoms with Crippen LogP contribution in [0.15, 0.2) is 60.9 Å². The van der Waals surface area contributed by atoms with Crippen LogP contribution < -0.4 is 25.8 Å². The summed E-state index contributed by atoms with van der Waals surface area (Å²) in [4.78, 5) is 20.4. The number of ether oxygens (including phenoxy) is 2. The van der Waals surface area contributed by atoms with E-state index in [1.807, 2.05) is 0 Å². The Hall–Kier alpha value is -3.95. The van der Waals surface area contributed by atoms with E-state index in [1.54, 1.807) is 42.5 Å². The summed E-state index contributed by atoms with van der Waals surface area (Å²) in [5.74, 6) is 0.722. The highest BCUT2D eigenvalue weighted by molar-refractivity contribution is 6.32. The number of halogens is 2.